The van der Waals surface area contributed by atoms with Gasteiger partial charge in [0.05, 0.1) is 25.2 Å². The monoisotopic (exact) mass is 526 g/mol. The molecule has 4 nitrogen and oxygen atoms in total. The summed E-state index contributed by atoms with van der Waals surface area (Å²) in [5, 5.41) is 0. The quantitative estimate of drug-likeness (QED) is 0.257. The predicted octanol–water partition coefficient (Wildman–Crippen LogP) is 7.95. The zero-order valence-corrected chi connectivity index (χ0v) is 25.7. The molecule has 4 saturated carbocycles. The fourth-order valence-electron chi connectivity index (χ4n) is 11.9. The summed E-state index contributed by atoms with van der Waals surface area (Å²) in [6.07, 6.45) is 13.2. The Balaban J connectivity index is 1.40. The van der Waals surface area contributed by atoms with Crippen LogP contribution in [0.2, 0.25) is 0 Å². The van der Waals surface area contributed by atoms with Gasteiger partial charge in [0, 0.05) is 5.41 Å². The molecule has 0 bridgehead atoms. The molecule has 5 aliphatic carbocycles. The van der Waals surface area contributed by atoms with Gasteiger partial charge in [-0.15, -0.1) is 0 Å². The van der Waals surface area contributed by atoms with Crippen LogP contribution >= 0.6 is 0 Å². The number of esters is 1. The van der Waals surface area contributed by atoms with Crippen LogP contribution in [0, 0.1) is 56.7 Å². The first-order valence-corrected chi connectivity index (χ1v) is 15.8. The Morgan fingerprint density at radius 1 is 0.895 bits per heavy atom. The molecule has 6 aliphatic rings. The molecule has 0 aromatic rings. The molecule has 0 spiro atoms. The predicted molar refractivity (Wildman–Crippen MR) is 150 cm³/mol. The van der Waals surface area contributed by atoms with Crippen molar-refractivity contribution >= 4 is 5.97 Å². The first kappa shape index (κ1) is 27.3. The van der Waals surface area contributed by atoms with Gasteiger partial charge in [-0.1, -0.05) is 53.2 Å². The highest BCUT2D eigenvalue weighted by Gasteiger charge is 2.70. The first-order chi connectivity index (χ1) is 17.7. The van der Waals surface area contributed by atoms with E-state index in [1.807, 2.05) is 0 Å². The zero-order chi connectivity index (χ0) is 27.5. The molecular weight excluding hydrogens is 472 g/mol. The normalized spacial score (nSPS) is 55.2. The molecular formula is C34H54O4. The van der Waals surface area contributed by atoms with Gasteiger partial charge in [-0.05, 0) is 117 Å². The number of methoxy groups -OCH3 is 1. The molecule has 1 heterocycles. The van der Waals surface area contributed by atoms with Gasteiger partial charge in [-0.3, -0.25) is 4.79 Å². The first-order valence-electron chi connectivity index (χ1n) is 15.8. The van der Waals surface area contributed by atoms with Gasteiger partial charge in [0.2, 0.25) is 0 Å². The molecule has 0 amide bonds. The average Bonchev–Trinajstić information content (AvgIpc) is 2.86. The number of hydrogen-bond acceptors (Lipinski definition) is 4. The summed E-state index contributed by atoms with van der Waals surface area (Å²) >= 11 is 0. The van der Waals surface area contributed by atoms with Crippen molar-refractivity contribution in [3.63, 3.8) is 0 Å². The third-order valence-electron chi connectivity index (χ3n) is 14.5. The van der Waals surface area contributed by atoms with Gasteiger partial charge in [0.25, 0.3) is 0 Å². The molecule has 214 valence electrons. The van der Waals surface area contributed by atoms with Crippen molar-refractivity contribution in [2.75, 3.05) is 13.7 Å². The molecule has 1 aliphatic heterocycles. The Bertz CT molecular complexity index is 1030. The molecule has 4 heteroatoms. The minimum Gasteiger partial charge on any atom is -0.469 e. The van der Waals surface area contributed by atoms with Gasteiger partial charge in [-0.2, -0.15) is 0 Å². The lowest BCUT2D eigenvalue weighted by atomic mass is 9.33. The van der Waals surface area contributed by atoms with E-state index in [9.17, 15) is 4.79 Å². The Hall–Kier alpha value is -0.870. The van der Waals surface area contributed by atoms with E-state index in [0.717, 1.165) is 45.1 Å². The summed E-state index contributed by atoms with van der Waals surface area (Å²) in [5.74, 6) is 2.32. The van der Waals surface area contributed by atoms with E-state index in [1.165, 1.54) is 19.3 Å². The van der Waals surface area contributed by atoms with Crippen LogP contribution in [0.4, 0.5) is 0 Å². The van der Waals surface area contributed by atoms with Crippen LogP contribution in [-0.4, -0.2) is 31.6 Å². The number of carbonyl (C=O) groups excluding carboxylic acids is 1. The molecule has 0 radical (unpaired) electrons. The topological polar surface area (TPSA) is 44.8 Å². The van der Waals surface area contributed by atoms with Crippen LogP contribution in [0.1, 0.15) is 113 Å². The van der Waals surface area contributed by atoms with Crippen molar-refractivity contribution in [1.29, 1.82) is 0 Å². The molecule has 6 rings (SSSR count). The Kier molecular flexibility index (Phi) is 5.99. The van der Waals surface area contributed by atoms with Gasteiger partial charge < -0.3 is 14.2 Å². The molecule has 1 saturated heterocycles. The van der Waals surface area contributed by atoms with Gasteiger partial charge in [0.1, 0.15) is 0 Å². The number of carbonyl (C=O) groups is 1. The largest absolute Gasteiger partial charge is 0.469 e. The summed E-state index contributed by atoms with van der Waals surface area (Å²) < 4.78 is 18.5. The van der Waals surface area contributed by atoms with E-state index in [2.05, 4.69) is 61.5 Å². The minimum absolute atomic E-state index is 0.0543. The number of allylic oxidation sites excluding steroid dienone is 2. The van der Waals surface area contributed by atoms with Gasteiger partial charge in [0.15, 0.2) is 5.79 Å². The van der Waals surface area contributed by atoms with Crippen LogP contribution in [-0.2, 0) is 19.0 Å². The van der Waals surface area contributed by atoms with Crippen molar-refractivity contribution in [3.05, 3.63) is 11.6 Å². The van der Waals surface area contributed by atoms with Crippen molar-refractivity contribution in [3.8, 4) is 0 Å². The highest BCUT2D eigenvalue weighted by molar-refractivity contribution is 5.78. The summed E-state index contributed by atoms with van der Waals surface area (Å²) in [6.45, 7) is 20.2. The van der Waals surface area contributed by atoms with E-state index in [0.29, 0.717) is 35.7 Å². The Labute approximate surface area is 232 Å². The second kappa shape index (κ2) is 8.34. The smallest absolute Gasteiger partial charge is 0.312 e. The standard InChI is InChI=1S/C34H54O4/c1-21-12-17-34(28(35)36-9)19-18-32(7)23(27(34)22(21)2)10-11-25-30(5)15-14-26-31(6,20-37-29(3,4)38-26)24(30)13-16-33(25,32)8/h10,21-22,24-27H,11-20H2,1-9H3/t21-,22+,24?,25?,26+,27?,30+,31+,32-,33-,34+/m1/s1. The van der Waals surface area contributed by atoms with E-state index in [-0.39, 0.29) is 33.0 Å². The lowest BCUT2D eigenvalue weighted by Gasteiger charge is -2.72. The SMILES string of the molecule is COC(=O)[C@]12CC[C@@H](C)[C@H](C)C1C1=CCC3[C@@]4(C)CC[C@@H]5OC(C)(C)OC[C@@]5(C)C4CC[C@@]3(C)[C@]1(C)CC2. The zero-order valence-electron chi connectivity index (χ0n) is 25.7. The number of ether oxygens (including phenoxy) is 3. The van der Waals surface area contributed by atoms with E-state index >= 15 is 0 Å². The molecule has 0 aromatic carbocycles. The third-order valence-corrected chi connectivity index (χ3v) is 14.5. The summed E-state index contributed by atoms with van der Waals surface area (Å²) in [6, 6.07) is 0. The van der Waals surface area contributed by atoms with Crippen molar-refractivity contribution in [2.45, 2.75) is 125 Å². The maximum absolute atomic E-state index is 13.5. The van der Waals surface area contributed by atoms with Crippen LogP contribution in [0.15, 0.2) is 11.6 Å². The second-order valence-electron chi connectivity index (χ2n) is 16.1. The summed E-state index contributed by atoms with van der Waals surface area (Å²) in [5.41, 5.74) is 2.03. The van der Waals surface area contributed by atoms with Gasteiger partial charge >= 0.3 is 5.97 Å². The van der Waals surface area contributed by atoms with Crippen LogP contribution in [0.3, 0.4) is 0 Å². The lowest BCUT2D eigenvalue weighted by molar-refractivity contribution is -0.351. The van der Waals surface area contributed by atoms with Gasteiger partial charge in [-0.25, -0.2) is 0 Å². The molecule has 3 unspecified atom stereocenters. The molecule has 38 heavy (non-hydrogen) atoms. The van der Waals surface area contributed by atoms with Crippen LogP contribution < -0.4 is 0 Å². The van der Waals surface area contributed by atoms with Crippen molar-refractivity contribution < 1.29 is 19.0 Å². The number of fused-ring (bicyclic) bond motifs is 9. The fourth-order valence-corrected chi connectivity index (χ4v) is 11.9. The van der Waals surface area contributed by atoms with Crippen LogP contribution in [0.25, 0.3) is 0 Å². The Morgan fingerprint density at radius 2 is 1.63 bits per heavy atom. The molecule has 11 atom stereocenters. The van der Waals surface area contributed by atoms with Crippen molar-refractivity contribution in [2.24, 2.45) is 56.7 Å². The van der Waals surface area contributed by atoms with E-state index in [4.69, 9.17) is 14.2 Å². The molecule has 0 aromatic heterocycles. The van der Waals surface area contributed by atoms with E-state index in [1.54, 1.807) is 12.7 Å². The van der Waals surface area contributed by atoms with Crippen molar-refractivity contribution in [1.82, 2.24) is 0 Å². The maximum Gasteiger partial charge on any atom is 0.312 e. The molecule has 0 N–H and O–H groups in total. The summed E-state index contributed by atoms with van der Waals surface area (Å²) in [4.78, 5) is 13.5. The lowest BCUT2D eigenvalue weighted by Crippen LogP contribution is -2.68. The molecule has 5 fully saturated rings. The second-order valence-corrected chi connectivity index (χ2v) is 16.1. The van der Waals surface area contributed by atoms with E-state index < -0.39 is 5.79 Å². The third kappa shape index (κ3) is 3.25. The number of rotatable bonds is 1. The highest BCUT2D eigenvalue weighted by Crippen LogP contribution is 2.76. The minimum atomic E-state index is -0.473. The highest BCUT2D eigenvalue weighted by atomic mass is 16.7. The number of hydrogen-bond donors (Lipinski definition) is 0. The van der Waals surface area contributed by atoms with Crippen LogP contribution in [0.5, 0.6) is 0 Å². The fraction of sp³-hybridized carbons (Fsp3) is 0.912. The maximum atomic E-state index is 13.5. The Morgan fingerprint density at radius 3 is 2.34 bits per heavy atom. The summed E-state index contributed by atoms with van der Waals surface area (Å²) in [7, 11) is 1.61. The average molecular weight is 527 g/mol.